The highest BCUT2D eigenvalue weighted by Gasteiger charge is 2.26. The number of benzene rings is 2. The molecular formula is C26H26N6O. The smallest absolute Gasteiger partial charge is 0.255 e. The Morgan fingerprint density at radius 2 is 1.76 bits per heavy atom. The quantitative estimate of drug-likeness (QED) is 0.509. The molecule has 1 N–H and O–H groups in total. The van der Waals surface area contributed by atoms with Crippen LogP contribution >= 0.6 is 0 Å². The highest BCUT2D eigenvalue weighted by Crippen LogP contribution is 2.24. The second-order valence-electron chi connectivity index (χ2n) is 8.34. The molecule has 0 saturated carbocycles. The van der Waals surface area contributed by atoms with Crippen LogP contribution in [0.4, 0.5) is 5.95 Å². The average Bonchev–Trinajstić information content (AvgIpc) is 3.32. The molecular weight excluding hydrogens is 412 g/mol. The molecule has 2 aromatic carbocycles. The number of nitrogens with zero attached hydrogens (tertiary/aromatic N) is 5. The Kier molecular flexibility index (Phi) is 5.85. The fraction of sp³-hybridized carbons (Fsp3) is 0.231. The van der Waals surface area contributed by atoms with Crippen molar-refractivity contribution in [3.8, 4) is 16.9 Å². The van der Waals surface area contributed by atoms with E-state index in [0.29, 0.717) is 23.8 Å². The molecule has 0 radical (unpaired) electrons. The van der Waals surface area contributed by atoms with E-state index in [-0.39, 0.29) is 11.9 Å². The SMILES string of the molecule is Cc1ccc(-n2cc(C(=O)NC3CCCN(c4ncccn4)C3)c(-c3ccccc3)n2)cc1. The van der Waals surface area contributed by atoms with Gasteiger partial charge in [-0.25, -0.2) is 14.6 Å². The Labute approximate surface area is 193 Å². The van der Waals surface area contributed by atoms with Gasteiger partial charge in [0.2, 0.25) is 5.95 Å². The molecule has 5 rings (SSSR count). The van der Waals surface area contributed by atoms with Crippen LogP contribution < -0.4 is 10.2 Å². The largest absolute Gasteiger partial charge is 0.347 e. The molecule has 1 amide bonds. The lowest BCUT2D eigenvalue weighted by Gasteiger charge is -2.33. The minimum absolute atomic E-state index is 0.0152. The molecule has 0 spiro atoms. The lowest BCUT2D eigenvalue weighted by molar-refractivity contribution is 0.0933. The van der Waals surface area contributed by atoms with Crippen molar-refractivity contribution in [3.05, 3.63) is 90.4 Å². The van der Waals surface area contributed by atoms with E-state index in [9.17, 15) is 4.79 Å². The van der Waals surface area contributed by atoms with Gasteiger partial charge in [0.1, 0.15) is 5.69 Å². The zero-order chi connectivity index (χ0) is 22.6. The van der Waals surface area contributed by atoms with Crippen molar-refractivity contribution in [3.63, 3.8) is 0 Å². The molecule has 7 heteroatoms. The van der Waals surface area contributed by atoms with E-state index in [1.54, 1.807) is 17.1 Å². The minimum atomic E-state index is -0.118. The van der Waals surface area contributed by atoms with Gasteiger partial charge < -0.3 is 10.2 Å². The van der Waals surface area contributed by atoms with Crippen molar-refractivity contribution < 1.29 is 4.79 Å². The number of carbonyl (C=O) groups is 1. The van der Waals surface area contributed by atoms with Crippen LogP contribution in [0.15, 0.2) is 79.3 Å². The van der Waals surface area contributed by atoms with E-state index in [1.807, 2.05) is 66.9 Å². The van der Waals surface area contributed by atoms with Crippen LogP contribution in [-0.4, -0.2) is 44.8 Å². The second kappa shape index (κ2) is 9.24. The highest BCUT2D eigenvalue weighted by atomic mass is 16.1. The van der Waals surface area contributed by atoms with Crippen LogP contribution in [0.25, 0.3) is 16.9 Å². The summed E-state index contributed by atoms with van der Waals surface area (Å²) < 4.78 is 1.78. The first kappa shape index (κ1) is 20.9. The molecule has 1 unspecified atom stereocenters. The molecule has 1 atom stereocenters. The Hall–Kier alpha value is -4.00. The Morgan fingerprint density at radius 1 is 1.00 bits per heavy atom. The molecule has 2 aromatic heterocycles. The van der Waals surface area contributed by atoms with Crippen LogP contribution in [0.3, 0.4) is 0 Å². The number of nitrogens with one attached hydrogen (secondary N) is 1. The van der Waals surface area contributed by atoms with Gasteiger partial charge in [0, 0.05) is 43.3 Å². The monoisotopic (exact) mass is 438 g/mol. The molecule has 166 valence electrons. The Bertz CT molecular complexity index is 1220. The number of piperidine rings is 1. The van der Waals surface area contributed by atoms with Crippen molar-refractivity contribution >= 4 is 11.9 Å². The topological polar surface area (TPSA) is 75.9 Å². The molecule has 4 aromatic rings. The summed E-state index contributed by atoms with van der Waals surface area (Å²) in [6.07, 6.45) is 7.20. The fourth-order valence-electron chi connectivity index (χ4n) is 4.17. The number of anilines is 1. The molecule has 0 aliphatic carbocycles. The van der Waals surface area contributed by atoms with Gasteiger partial charge in [0.25, 0.3) is 5.91 Å². The summed E-state index contributed by atoms with van der Waals surface area (Å²) in [6.45, 7) is 3.62. The van der Waals surface area contributed by atoms with Crippen LogP contribution in [-0.2, 0) is 0 Å². The van der Waals surface area contributed by atoms with Crippen LogP contribution in [0.1, 0.15) is 28.8 Å². The van der Waals surface area contributed by atoms with Gasteiger partial charge in [-0.1, -0.05) is 48.0 Å². The van der Waals surface area contributed by atoms with E-state index in [2.05, 4.69) is 27.1 Å². The summed E-state index contributed by atoms with van der Waals surface area (Å²) in [5, 5.41) is 8.01. The number of amides is 1. The molecule has 3 heterocycles. The predicted molar refractivity (Wildman–Crippen MR) is 128 cm³/mol. The maximum atomic E-state index is 13.4. The Morgan fingerprint density at radius 3 is 2.52 bits per heavy atom. The van der Waals surface area contributed by atoms with Gasteiger partial charge in [0.15, 0.2) is 0 Å². The normalized spacial score (nSPS) is 15.9. The van der Waals surface area contributed by atoms with Crippen molar-refractivity contribution in [2.45, 2.75) is 25.8 Å². The second-order valence-corrected chi connectivity index (χ2v) is 8.34. The first-order valence-electron chi connectivity index (χ1n) is 11.2. The predicted octanol–water partition coefficient (Wildman–Crippen LogP) is 4.04. The van der Waals surface area contributed by atoms with Crippen molar-refractivity contribution in [1.29, 1.82) is 0 Å². The number of hydrogen-bond donors (Lipinski definition) is 1. The summed E-state index contributed by atoms with van der Waals surface area (Å²) in [5.74, 6) is 0.585. The molecule has 1 aliphatic heterocycles. The van der Waals surface area contributed by atoms with Gasteiger partial charge >= 0.3 is 0 Å². The molecule has 1 aliphatic rings. The van der Waals surface area contributed by atoms with E-state index in [0.717, 1.165) is 30.6 Å². The molecule has 7 nitrogen and oxygen atoms in total. The summed E-state index contributed by atoms with van der Waals surface area (Å²) in [5.41, 5.74) is 4.25. The number of hydrogen-bond acceptors (Lipinski definition) is 5. The molecule has 33 heavy (non-hydrogen) atoms. The lowest BCUT2D eigenvalue weighted by atomic mass is 10.0. The summed E-state index contributed by atoms with van der Waals surface area (Å²) >= 11 is 0. The van der Waals surface area contributed by atoms with E-state index < -0.39 is 0 Å². The van der Waals surface area contributed by atoms with Gasteiger partial charge in [-0.05, 0) is 38.0 Å². The van der Waals surface area contributed by atoms with E-state index in [4.69, 9.17) is 5.10 Å². The first-order valence-corrected chi connectivity index (χ1v) is 11.2. The maximum absolute atomic E-state index is 13.4. The van der Waals surface area contributed by atoms with Gasteiger partial charge in [0.05, 0.1) is 11.3 Å². The van der Waals surface area contributed by atoms with Crippen molar-refractivity contribution in [2.24, 2.45) is 0 Å². The Balaban J connectivity index is 1.41. The molecule has 0 bridgehead atoms. The number of rotatable bonds is 5. The number of carbonyl (C=O) groups excluding carboxylic acids is 1. The highest BCUT2D eigenvalue weighted by molar-refractivity contribution is 6.00. The third-order valence-corrected chi connectivity index (χ3v) is 5.90. The zero-order valence-electron chi connectivity index (χ0n) is 18.6. The minimum Gasteiger partial charge on any atom is -0.347 e. The van der Waals surface area contributed by atoms with Crippen LogP contribution in [0, 0.1) is 6.92 Å². The van der Waals surface area contributed by atoms with Gasteiger partial charge in [-0.15, -0.1) is 0 Å². The lowest BCUT2D eigenvalue weighted by Crippen LogP contribution is -2.48. The van der Waals surface area contributed by atoms with E-state index in [1.165, 1.54) is 5.56 Å². The van der Waals surface area contributed by atoms with E-state index >= 15 is 0 Å². The van der Waals surface area contributed by atoms with Crippen molar-refractivity contribution in [2.75, 3.05) is 18.0 Å². The van der Waals surface area contributed by atoms with Crippen LogP contribution in [0.5, 0.6) is 0 Å². The summed E-state index contributed by atoms with van der Waals surface area (Å²) in [7, 11) is 0. The number of aryl methyl sites for hydroxylation is 1. The molecule has 1 fully saturated rings. The molecule has 1 saturated heterocycles. The third kappa shape index (κ3) is 4.62. The van der Waals surface area contributed by atoms with Crippen molar-refractivity contribution in [1.82, 2.24) is 25.1 Å². The summed E-state index contributed by atoms with van der Waals surface area (Å²) in [6, 6.07) is 19.8. The standard InChI is InChI=1S/C26H26N6O/c1-19-10-12-22(13-11-19)32-18-23(24(30-32)20-7-3-2-4-8-20)25(33)29-21-9-5-16-31(17-21)26-27-14-6-15-28-26/h2-4,6-8,10-15,18,21H,5,9,16-17H2,1H3,(H,29,33). The average molecular weight is 439 g/mol. The van der Waals surface area contributed by atoms with Gasteiger partial charge in [-0.2, -0.15) is 5.10 Å². The first-order chi connectivity index (χ1) is 16.2. The third-order valence-electron chi connectivity index (χ3n) is 5.90. The summed E-state index contributed by atoms with van der Waals surface area (Å²) in [4.78, 5) is 24.3. The maximum Gasteiger partial charge on any atom is 0.255 e. The fourth-order valence-corrected chi connectivity index (χ4v) is 4.17. The van der Waals surface area contributed by atoms with Crippen LogP contribution in [0.2, 0.25) is 0 Å². The zero-order valence-corrected chi connectivity index (χ0v) is 18.6. The number of aromatic nitrogens is 4. The van der Waals surface area contributed by atoms with Gasteiger partial charge in [-0.3, -0.25) is 4.79 Å².